The molecule has 3 nitrogen and oxygen atoms in total. The SMILES string of the molecule is Cc1cc(C(=O)Cc2ccc(Cl)s2)c(C)nn1. The lowest BCUT2D eigenvalue weighted by molar-refractivity contribution is 0.0992. The maximum Gasteiger partial charge on any atom is 0.170 e. The summed E-state index contributed by atoms with van der Waals surface area (Å²) in [5.41, 5.74) is 2.06. The second-order valence-corrected chi connectivity index (χ2v) is 5.59. The summed E-state index contributed by atoms with van der Waals surface area (Å²) < 4.78 is 0.702. The van der Waals surface area contributed by atoms with Crippen molar-refractivity contribution < 1.29 is 4.79 Å². The molecular weight excluding hydrogens is 256 g/mol. The molecule has 0 aliphatic rings. The number of carbonyl (C=O) groups excluding carboxylic acids is 1. The minimum atomic E-state index is 0.0546. The van der Waals surface area contributed by atoms with Crippen LogP contribution in [-0.2, 0) is 6.42 Å². The Labute approximate surface area is 108 Å². The summed E-state index contributed by atoms with van der Waals surface area (Å²) in [5, 5.41) is 7.87. The number of halogens is 1. The standard InChI is InChI=1S/C12H11ClN2OS/c1-7-5-10(8(2)15-14-7)11(16)6-9-3-4-12(13)17-9/h3-5H,6H2,1-2H3. The first-order chi connectivity index (χ1) is 8.06. The van der Waals surface area contributed by atoms with E-state index in [9.17, 15) is 4.79 Å². The molecule has 2 aromatic heterocycles. The molecule has 0 radical (unpaired) electrons. The molecule has 0 bridgehead atoms. The Kier molecular flexibility index (Phi) is 3.54. The third-order valence-electron chi connectivity index (χ3n) is 2.36. The summed E-state index contributed by atoms with van der Waals surface area (Å²) in [6.45, 7) is 3.62. The van der Waals surface area contributed by atoms with Gasteiger partial charge in [0.2, 0.25) is 0 Å². The Balaban J connectivity index is 2.22. The highest BCUT2D eigenvalue weighted by Gasteiger charge is 2.13. The van der Waals surface area contributed by atoms with Crippen LogP contribution in [-0.4, -0.2) is 16.0 Å². The van der Waals surface area contributed by atoms with Crippen LogP contribution in [0.3, 0.4) is 0 Å². The highest BCUT2D eigenvalue weighted by Crippen LogP contribution is 2.23. The minimum absolute atomic E-state index is 0.0546. The van der Waals surface area contributed by atoms with E-state index in [1.807, 2.05) is 13.0 Å². The second kappa shape index (κ2) is 4.94. The van der Waals surface area contributed by atoms with Crippen molar-refractivity contribution in [2.45, 2.75) is 20.3 Å². The molecule has 0 N–H and O–H groups in total. The second-order valence-electron chi connectivity index (χ2n) is 3.79. The van der Waals surface area contributed by atoms with E-state index in [0.717, 1.165) is 10.6 Å². The minimum Gasteiger partial charge on any atom is -0.294 e. The molecule has 5 heteroatoms. The Bertz CT molecular complexity index is 565. The molecule has 2 aromatic rings. The van der Waals surface area contributed by atoms with Gasteiger partial charge in [0, 0.05) is 16.9 Å². The Morgan fingerprint density at radius 3 is 2.76 bits per heavy atom. The summed E-state index contributed by atoms with van der Waals surface area (Å²) in [5.74, 6) is 0.0546. The number of Topliss-reactive ketones (excluding diaryl/α,β-unsaturated/α-hetero) is 1. The zero-order valence-corrected chi connectivity index (χ0v) is 11.1. The first-order valence-electron chi connectivity index (χ1n) is 5.14. The predicted octanol–water partition coefficient (Wildman–Crippen LogP) is 3.23. The molecule has 0 saturated carbocycles. The molecule has 0 spiro atoms. The zero-order chi connectivity index (χ0) is 12.4. The summed E-state index contributed by atoms with van der Waals surface area (Å²) in [7, 11) is 0. The third kappa shape index (κ3) is 2.90. The van der Waals surface area contributed by atoms with E-state index in [1.54, 1.807) is 19.1 Å². The molecule has 88 valence electrons. The van der Waals surface area contributed by atoms with Gasteiger partial charge in [0.1, 0.15) is 0 Å². The van der Waals surface area contributed by atoms with Crippen molar-refractivity contribution in [1.29, 1.82) is 0 Å². The number of thiophene rings is 1. The van der Waals surface area contributed by atoms with Crippen molar-refractivity contribution in [3.05, 3.63) is 44.4 Å². The number of hydrogen-bond acceptors (Lipinski definition) is 4. The van der Waals surface area contributed by atoms with Gasteiger partial charge < -0.3 is 0 Å². The van der Waals surface area contributed by atoms with Crippen molar-refractivity contribution in [3.8, 4) is 0 Å². The van der Waals surface area contributed by atoms with Crippen LogP contribution in [0.1, 0.15) is 26.6 Å². The van der Waals surface area contributed by atoms with E-state index < -0.39 is 0 Å². The number of aromatic nitrogens is 2. The van der Waals surface area contributed by atoms with Gasteiger partial charge in [-0.2, -0.15) is 10.2 Å². The van der Waals surface area contributed by atoms with E-state index in [4.69, 9.17) is 11.6 Å². The van der Waals surface area contributed by atoms with Crippen LogP contribution in [0.5, 0.6) is 0 Å². The number of ketones is 1. The van der Waals surface area contributed by atoms with Gasteiger partial charge in [-0.05, 0) is 32.0 Å². The molecule has 17 heavy (non-hydrogen) atoms. The van der Waals surface area contributed by atoms with Gasteiger partial charge in [-0.3, -0.25) is 4.79 Å². The van der Waals surface area contributed by atoms with E-state index in [1.165, 1.54) is 11.3 Å². The Morgan fingerprint density at radius 1 is 1.35 bits per heavy atom. The molecule has 2 heterocycles. The van der Waals surface area contributed by atoms with E-state index in [0.29, 0.717) is 22.0 Å². The number of nitrogens with zero attached hydrogens (tertiary/aromatic N) is 2. The molecule has 0 aromatic carbocycles. The van der Waals surface area contributed by atoms with Crippen LogP contribution >= 0.6 is 22.9 Å². The monoisotopic (exact) mass is 266 g/mol. The van der Waals surface area contributed by atoms with Crippen LogP contribution in [0.25, 0.3) is 0 Å². The number of hydrogen-bond donors (Lipinski definition) is 0. The van der Waals surface area contributed by atoms with Crippen LogP contribution in [0.4, 0.5) is 0 Å². The number of carbonyl (C=O) groups is 1. The smallest absolute Gasteiger partial charge is 0.170 e. The summed E-state index contributed by atoms with van der Waals surface area (Å²) in [6.07, 6.45) is 0.364. The lowest BCUT2D eigenvalue weighted by Gasteiger charge is -2.03. The number of rotatable bonds is 3. The van der Waals surface area contributed by atoms with Crippen molar-refractivity contribution >= 4 is 28.7 Å². The van der Waals surface area contributed by atoms with Gasteiger partial charge in [-0.15, -0.1) is 11.3 Å². The highest BCUT2D eigenvalue weighted by atomic mass is 35.5. The summed E-state index contributed by atoms with van der Waals surface area (Å²) in [6, 6.07) is 5.46. The van der Waals surface area contributed by atoms with Crippen LogP contribution in [0.15, 0.2) is 18.2 Å². The van der Waals surface area contributed by atoms with Crippen molar-refractivity contribution in [2.24, 2.45) is 0 Å². The van der Waals surface area contributed by atoms with Gasteiger partial charge in [-0.25, -0.2) is 0 Å². The normalized spacial score (nSPS) is 10.5. The Morgan fingerprint density at radius 2 is 2.12 bits per heavy atom. The van der Waals surface area contributed by atoms with E-state index in [-0.39, 0.29) is 5.78 Å². The fourth-order valence-corrected chi connectivity index (χ4v) is 2.62. The molecule has 0 amide bonds. The maximum absolute atomic E-state index is 12.1. The van der Waals surface area contributed by atoms with Gasteiger partial charge in [0.15, 0.2) is 5.78 Å². The predicted molar refractivity (Wildman–Crippen MR) is 68.9 cm³/mol. The Hall–Kier alpha value is -1.26. The van der Waals surface area contributed by atoms with Gasteiger partial charge in [-0.1, -0.05) is 11.6 Å². The van der Waals surface area contributed by atoms with Crippen LogP contribution in [0.2, 0.25) is 4.34 Å². The van der Waals surface area contributed by atoms with Crippen molar-refractivity contribution in [1.82, 2.24) is 10.2 Å². The van der Waals surface area contributed by atoms with Gasteiger partial charge >= 0.3 is 0 Å². The molecule has 0 atom stereocenters. The molecule has 2 rings (SSSR count). The first kappa shape index (κ1) is 12.2. The van der Waals surface area contributed by atoms with E-state index in [2.05, 4.69) is 10.2 Å². The fraction of sp³-hybridized carbons (Fsp3) is 0.250. The van der Waals surface area contributed by atoms with Crippen molar-refractivity contribution in [3.63, 3.8) is 0 Å². The summed E-state index contributed by atoms with van der Waals surface area (Å²) in [4.78, 5) is 13.1. The third-order valence-corrected chi connectivity index (χ3v) is 3.60. The largest absolute Gasteiger partial charge is 0.294 e. The molecule has 0 unspecified atom stereocenters. The average Bonchev–Trinajstić information content (AvgIpc) is 2.67. The maximum atomic E-state index is 12.1. The lowest BCUT2D eigenvalue weighted by Crippen LogP contribution is -2.07. The molecule has 0 aliphatic carbocycles. The lowest BCUT2D eigenvalue weighted by atomic mass is 10.1. The topological polar surface area (TPSA) is 42.9 Å². The van der Waals surface area contributed by atoms with Gasteiger partial charge in [0.25, 0.3) is 0 Å². The van der Waals surface area contributed by atoms with Crippen molar-refractivity contribution in [2.75, 3.05) is 0 Å². The average molecular weight is 267 g/mol. The fourth-order valence-electron chi connectivity index (χ4n) is 1.53. The van der Waals surface area contributed by atoms with Crippen LogP contribution in [0, 0.1) is 13.8 Å². The molecular formula is C12H11ClN2OS. The number of aryl methyl sites for hydroxylation is 2. The molecule has 0 aliphatic heterocycles. The quantitative estimate of drug-likeness (QED) is 0.801. The van der Waals surface area contributed by atoms with Gasteiger partial charge in [0.05, 0.1) is 15.7 Å². The summed E-state index contributed by atoms with van der Waals surface area (Å²) >= 11 is 7.26. The molecule has 0 saturated heterocycles. The van der Waals surface area contributed by atoms with E-state index >= 15 is 0 Å². The zero-order valence-electron chi connectivity index (χ0n) is 9.53. The first-order valence-corrected chi connectivity index (χ1v) is 6.34. The highest BCUT2D eigenvalue weighted by molar-refractivity contribution is 7.16. The molecule has 0 fully saturated rings. The van der Waals surface area contributed by atoms with Crippen LogP contribution < -0.4 is 0 Å².